The molecule has 0 spiro atoms. The van der Waals surface area contributed by atoms with Crippen molar-refractivity contribution in [1.29, 1.82) is 0 Å². The third-order valence-corrected chi connectivity index (χ3v) is 4.14. The lowest BCUT2D eigenvalue weighted by Crippen LogP contribution is -2.33. The molecule has 0 aromatic carbocycles. The highest BCUT2D eigenvalue weighted by molar-refractivity contribution is 5.83. The first-order valence-corrected chi connectivity index (χ1v) is 8.24. The summed E-state index contributed by atoms with van der Waals surface area (Å²) in [6, 6.07) is 3.40. The van der Waals surface area contributed by atoms with Crippen molar-refractivity contribution in [3.63, 3.8) is 0 Å². The lowest BCUT2D eigenvalue weighted by Gasteiger charge is -2.12. The Kier molecular flexibility index (Phi) is 5.69. The normalized spacial score (nSPS) is 14.5. The summed E-state index contributed by atoms with van der Waals surface area (Å²) in [7, 11) is 0. The first-order chi connectivity index (χ1) is 11.6. The molecule has 0 saturated carbocycles. The standard InChI is InChI=1S/C21H24N2O/c1-6-15(7-2)13-17(8-3)23-20(24)12-11-16-14-22-19(10-5)18(9-4)21(16)23/h6,8-14H,3,7H2,1-2,4-5H3. The van der Waals surface area contributed by atoms with Crippen molar-refractivity contribution < 1.29 is 0 Å². The second kappa shape index (κ2) is 7.73. The van der Waals surface area contributed by atoms with Crippen LogP contribution in [0, 0.1) is 0 Å². The molecule has 0 aliphatic rings. The molecule has 2 heterocycles. The van der Waals surface area contributed by atoms with Crippen LogP contribution in [0.5, 0.6) is 0 Å². The van der Waals surface area contributed by atoms with Gasteiger partial charge < -0.3 is 0 Å². The number of aromatic nitrogens is 2. The van der Waals surface area contributed by atoms with Crippen LogP contribution in [-0.4, -0.2) is 9.55 Å². The number of fused-ring (bicyclic) bond motifs is 1. The van der Waals surface area contributed by atoms with E-state index in [2.05, 4.69) is 24.6 Å². The first kappa shape index (κ1) is 17.7. The zero-order chi connectivity index (χ0) is 17.7. The van der Waals surface area contributed by atoms with E-state index in [0.29, 0.717) is 0 Å². The van der Waals surface area contributed by atoms with Crippen LogP contribution >= 0.6 is 0 Å². The van der Waals surface area contributed by atoms with E-state index < -0.39 is 0 Å². The molecule has 0 amide bonds. The predicted octanol–water partition coefficient (Wildman–Crippen LogP) is 3.38. The number of allylic oxidation sites excluding steroid dienone is 5. The summed E-state index contributed by atoms with van der Waals surface area (Å²) in [5.41, 5.74) is 2.73. The molecule has 24 heavy (non-hydrogen) atoms. The Morgan fingerprint density at radius 3 is 2.54 bits per heavy atom. The molecule has 0 aliphatic heterocycles. The number of rotatable bonds is 4. The maximum atomic E-state index is 12.7. The number of hydrogen-bond donors (Lipinski definition) is 0. The molecule has 0 unspecified atom stereocenters. The molecule has 0 saturated heterocycles. The smallest absolute Gasteiger partial charge is 0.255 e. The minimum absolute atomic E-state index is 0.0726. The average molecular weight is 320 g/mol. The second-order valence-electron chi connectivity index (χ2n) is 5.44. The molecule has 0 fully saturated rings. The fourth-order valence-electron chi connectivity index (χ4n) is 2.83. The molecule has 0 aliphatic carbocycles. The highest BCUT2D eigenvalue weighted by Gasteiger charge is 2.08. The van der Waals surface area contributed by atoms with Crippen LogP contribution < -0.4 is 16.1 Å². The Bertz CT molecular complexity index is 1000. The summed E-state index contributed by atoms with van der Waals surface area (Å²) < 4.78 is 1.73. The molecule has 0 radical (unpaired) electrons. The minimum atomic E-state index is -0.0726. The van der Waals surface area contributed by atoms with E-state index in [0.717, 1.165) is 39.2 Å². The van der Waals surface area contributed by atoms with Crippen molar-refractivity contribution in [1.82, 2.24) is 9.55 Å². The van der Waals surface area contributed by atoms with Gasteiger partial charge in [-0.25, -0.2) is 0 Å². The maximum absolute atomic E-state index is 12.7. The molecule has 2 aromatic heterocycles. The van der Waals surface area contributed by atoms with Gasteiger partial charge in [0.15, 0.2) is 0 Å². The predicted molar refractivity (Wildman–Crippen MR) is 104 cm³/mol. The Labute approximate surface area is 142 Å². The zero-order valence-electron chi connectivity index (χ0n) is 14.8. The SMILES string of the molecule is C=CC(=CC(=CC)CC)n1c(=O)ccc2cnc(=CC)c(=CC)c21. The van der Waals surface area contributed by atoms with Gasteiger partial charge in [-0.05, 0) is 45.4 Å². The van der Waals surface area contributed by atoms with Gasteiger partial charge in [0.1, 0.15) is 0 Å². The minimum Gasteiger partial charge on any atom is -0.276 e. The van der Waals surface area contributed by atoms with Gasteiger partial charge in [0.25, 0.3) is 5.56 Å². The highest BCUT2D eigenvalue weighted by atomic mass is 16.1. The van der Waals surface area contributed by atoms with Gasteiger partial charge in [-0.2, -0.15) is 0 Å². The van der Waals surface area contributed by atoms with Gasteiger partial charge in [-0.15, -0.1) is 0 Å². The van der Waals surface area contributed by atoms with Crippen molar-refractivity contribution in [3.05, 3.63) is 69.6 Å². The van der Waals surface area contributed by atoms with Gasteiger partial charge in [0, 0.05) is 28.6 Å². The third kappa shape index (κ3) is 3.16. The molecule has 0 atom stereocenters. The lowest BCUT2D eigenvalue weighted by atomic mass is 10.1. The Morgan fingerprint density at radius 1 is 1.25 bits per heavy atom. The van der Waals surface area contributed by atoms with Crippen molar-refractivity contribution in [2.24, 2.45) is 0 Å². The van der Waals surface area contributed by atoms with Crippen LogP contribution in [0.15, 0.2) is 53.5 Å². The first-order valence-electron chi connectivity index (χ1n) is 8.24. The molecule has 2 rings (SSSR count). The maximum Gasteiger partial charge on any atom is 0.255 e. The summed E-state index contributed by atoms with van der Waals surface area (Å²) >= 11 is 0. The van der Waals surface area contributed by atoms with Crippen LogP contribution in [-0.2, 0) is 0 Å². The van der Waals surface area contributed by atoms with Gasteiger partial charge in [-0.3, -0.25) is 14.3 Å². The van der Waals surface area contributed by atoms with E-state index in [-0.39, 0.29) is 5.56 Å². The van der Waals surface area contributed by atoms with Crippen LogP contribution in [0.25, 0.3) is 28.8 Å². The monoisotopic (exact) mass is 320 g/mol. The Hall–Kier alpha value is -2.68. The van der Waals surface area contributed by atoms with Crippen molar-refractivity contribution in [2.45, 2.75) is 34.1 Å². The van der Waals surface area contributed by atoms with Gasteiger partial charge in [0.05, 0.1) is 10.9 Å². The van der Waals surface area contributed by atoms with Crippen molar-refractivity contribution >= 4 is 28.8 Å². The zero-order valence-corrected chi connectivity index (χ0v) is 14.8. The molecule has 0 N–H and O–H groups in total. The summed E-state index contributed by atoms with van der Waals surface area (Å²) in [6.45, 7) is 11.9. The molecule has 0 bridgehead atoms. The van der Waals surface area contributed by atoms with Gasteiger partial charge >= 0.3 is 0 Å². The molecule has 3 nitrogen and oxygen atoms in total. The van der Waals surface area contributed by atoms with E-state index >= 15 is 0 Å². The lowest BCUT2D eigenvalue weighted by molar-refractivity contribution is 1.05. The van der Waals surface area contributed by atoms with Crippen LogP contribution in [0.3, 0.4) is 0 Å². The molecule has 124 valence electrons. The number of hydrogen-bond acceptors (Lipinski definition) is 2. The molecule has 3 heteroatoms. The van der Waals surface area contributed by atoms with Crippen LogP contribution in [0.4, 0.5) is 0 Å². The second-order valence-corrected chi connectivity index (χ2v) is 5.44. The average Bonchev–Trinajstić information content (AvgIpc) is 2.62. The van der Waals surface area contributed by atoms with Crippen LogP contribution in [0.2, 0.25) is 0 Å². The van der Waals surface area contributed by atoms with E-state index in [4.69, 9.17) is 0 Å². The molecular formula is C21H24N2O. The fourth-order valence-corrected chi connectivity index (χ4v) is 2.83. The quantitative estimate of drug-likeness (QED) is 0.810. The fraction of sp³-hybridized carbons (Fsp3) is 0.238. The summed E-state index contributed by atoms with van der Waals surface area (Å²) in [5.74, 6) is 0. The van der Waals surface area contributed by atoms with Crippen molar-refractivity contribution in [3.8, 4) is 0 Å². The Morgan fingerprint density at radius 2 is 2.00 bits per heavy atom. The van der Waals surface area contributed by atoms with E-state index in [9.17, 15) is 4.79 Å². The molecule has 2 aromatic rings. The summed E-state index contributed by atoms with van der Waals surface area (Å²) in [4.78, 5) is 17.2. The van der Waals surface area contributed by atoms with E-state index in [1.165, 1.54) is 0 Å². The number of pyridine rings is 2. The van der Waals surface area contributed by atoms with E-state index in [1.54, 1.807) is 16.7 Å². The summed E-state index contributed by atoms with van der Waals surface area (Å²) in [5, 5.41) is 2.76. The van der Waals surface area contributed by atoms with Gasteiger partial charge in [-0.1, -0.05) is 37.3 Å². The highest BCUT2D eigenvalue weighted by Crippen LogP contribution is 2.15. The summed E-state index contributed by atoms with van der Waals surface area (Å²) in [6.07, 6.45) is 12.5. The van der Waals surface area contributed by atoms with Crippen molar-refractivity contribution in [2.75, 3.05) is 0 Å². The third-order valence-electron chi connectivity index (χ3n) is 4.14. The topological polar surface area (TPSA) is 34.9 Å². The number of nitrogens with zero attached hydrogens (tertiary/aromatic N) is 2. The Balaban J connectivity index is 3.06. The molecular weight excluding hydrogens is 296 g/mol. The van der Waals surface area contributed by atoms with Gasteiger partial charge in [0.2, 0.25) is 0 Å². The van der Waals surface area contributed by atoms with E-state index in [1.807, 2.05) is 51.3 Å². The largest absolute Gasteiger partial charge is 0.276 e. The van der Waals surface area contributed by atoms with Crippen LogP contribution in [0.1, 0.15) is 34.1 Å².